The van der Waals surface area contributed by atoms with E-state index in [2.05, 4.69) is 15.5 Å². The second-order valence-corrected chi connectivity index (χ2v) is 7.13. The van der Waals surface area contributed by atoms with Crippen molar-refractivity contribution in [2.45, 2.75) is 19.1 Å². The Kier molecular flexibility index (Phi) is 5.02. The Bertz CT molecular complexity index is 895. The van der Waals surface area contributed by atoms with Crippen LogP contribution in [0.3, 0.4) is 0 Å². The van der Waals surface area contributed by atoms with Crippen LogP contribution < -0.4 is 15.4 Å². The van der Waals surface area contributed by atoms with Crippen molar-refractivity contribution in [3.05, 3.63) is 54.1 Å². The number of anilines is 2. The molecule has 7 nitrogen and oxygen atoms in total. The van der Waals surface area contributed by atoms with Crippen molar-refractivity contribution in [2.24, 2.45) is 0 Å². The van der Waals surface area contributed by atoms with E-state index in [4.69, 9.17) is 9.47 Å². The van der Waals surface area contributed by atoms with Crippen molar-refractivity contribution < 1.29 is 19.1 Å². The number of carbonyl (C=O) groups is 2. The topological polar surface area (TPSA) is 79.9 Å². The quantitative estimate of drug-likeness (QED) is 0.794. The molecule has 2 amide bonds. The van der Waals surface area contributed by atoms with E-state index in [-0.39, 0.29) is 0 Å². The molecule has 2 aromatic carbocycles. The summed E-state index contributed by atoms with van der Waals surface area (Å²) < 4.78 is 11.1. The van der Waals surface area contributed by atoms with Crippen LogP contribution in [0.4, 0.5) is 11.4 Å². The molecule has 2 heterocycles. The minimum atomic E-state index is -1.64. The number of ether oxygens (including phenoxy) is 2. The third kappa shape index (κ3) is 3.72. The molecule has 1 atom stereocenters. The number of nitrogens with zero attached hydrogens (tertiary/aromatic N) is 1. The van der Waals surface area contributed by atoms with Gasteiger partial charge in [0.2, 0.25) is 0 Å². The van der Waals surface area contributed by atoms with Gasteiger partial charge in [-0.1, -0.05) is 24.3 Å². The van der Waals surface area contributed by atoms with Gasteiger partial charge in [-0.05, 0) is 36.8 Å². The molecule has 0 radical (unpaired) electrons. The SMILES string of the molecule is C[C@]1(C(=O)Nc2cccc(CN3CCOCC3)c2)Oc2ccccc2NC1=O. The van der Waals surface area contributed by atoms with Gasteiger partial charge in [0.05, 0.1) is 18.9 Å². The molecule has 0 aliphatic carbocycles. The van der Waals surface area contributed by atoms with Crippen LogP contribution >= 0.6 is 0 Å². The largest absolute Gasteiger partial charge is 0.466 e. The van der Waals surface area contributed by atoms with E-state index in [0.29, 0.717) is 17.1 Å². The van der Waals surface area contributed by atoms with Crippen molar-refractivity contribution in [2.75, 3.05) is 36.9 Å². The number of hydrogen-bond donors (Lipinski definition) is 2. The Hall–Kier alpha value is -2.90. The summed E-state index contributed by atoms with van der Waals surface area (Å²) in [5, 5.41) is 5.56. The van der Waals surface area contributed by atoms with E-state index in [9.17, 15) is 9.59 Å². The maximum absolute atomic E-state index is 12.9. The molecule has 0 saturated carbocycles. The van der Waals surface area contributed by atoms with Gasteiger partial charge < -0.3 is 20.1 Å². The molecule has 0 bridgehead atoms. The Morgan fingerprint density at radius 2 is 1.96 bits per heavy atom. The van der Waals surface area contributed by atoms with Crippen molar-refractivity contribution in [1.82, 2.24) is 4.90 Å². The summed E-state index contributed by atoms with van der Waals surface area (Å²) in [7, 11) is 0. The molecule has 2 aliphatic heterocycles. The summed E-state index contributed by atoms with van der Waals surface area (Å²) in [6.45, 7) is 5.52. The van der Waals surface area contributed by atoms with Gasteiger partial charge in [0.15, 0.2) is 0 Å². The standard InChI is InChI=1S/C21H23N3O4/c1-21(20(26)23-17-7-2-3-8-18(17)28-21)19(25)22-16-6-4-5-15(13-16)14-24-9-11-27-12-10-24/h2-8,13H,9-12,14H2,1H3,(H,22,25)(H,23,26)/t21-/m1/s1. The van der Waals surface area contributed by atoms with Gasteiger partial charge in [-0.2, -0.15) is 0 Å². The Morgan fingerprint density at radius 3 is 2.79 bits per heavy atom. The number of hydrogen-bond acceptors (Lipinski definition) is 5. The Balaban J connectivity index is 1.47. The Morgan fingerprint density at radius 1 is 1.18 bits per heavy atom. The predicted molar refractivity (Wildman–Crippen MR) is 105 cm³/mol. The van der Waals surface area contributed by atoms with Gasteiger partial charge >= 0.3 is 0 Å². The molecule has 2 aromatic rings. The summed E-state index contributed by atoms with van der Waals surface area (Å²) in [6, 6.07) is 14.7. The second-order valence-electron chi connectivity index (χ2n) is 7.13. The van der Waals surface area contributed by atoms with E-state index in [1.165, 1.54) is 6.92 Å². The lowest BCUT2D eigenvalue weighted by Gasteiger charge is -2.33. The normalized spacial score (nSPS) is 22.0. The molecule has 2 N–H and O–H groups in total. The van der Waals surface area contributed by atoms with Gasteiger partial charge in [-0.25, -0.2) is 0 Å². The fourth-order valence-electron chi connectivity index (χ4n) is 3.33. The predicted octanol–water partition coefficient (Wildman–Crippen LogP) is 2.25. The third-order valence-corrected chi connectivity index (χ3v) is 5.01. The van der Waals surface area contributed by atoms with E-state index in [1.54, 1.807) is 30.3 Å². The van der Waals surface area contributed by atoms with Gasteiger partial charge in [0.1, 0.15) is 5.75 Å². The van der Waals surface area contributed by atoms with Crippen LogP contribution in [0.25, 0.3) is 0 Å². The van der Waals surface area contributed by atoms with Gasteiger partial charge in [-0.3, -0.25) is 14.5 Å². The number of morpholine rings is 1. The van der Waals surface area contributed by atoms with E-state index in [1.807, 2.05) is 18.2 Å². The summed E-state index contributed by atoms with van der Waals surface area (Å²) in [5.74, 6) is -0.531. The zero-order valence-electron chi connectivity index (χ0n) is 15.7. The number of rotatable bonds is 4. The number of fused-ring (bicyclic) bond motifs is 1. The molecule has 4 rings (SSSR count). The molecule has 28 heavy (non-hydrogen) atoms. The Labute approximate surface area is 163 Å². The number of nitrogens with one attached hydrogen (secondary N) is 2. The van der Waals surface area contributed by atoms with Crippen molar-refractivity contribution in [3.63, 3.8) is 0 Å². The number of carbonyl (C=O) groups excluding carboxylic acids is 2. The first kappa shape index (κ1) is 18.5. The van der Waals surface area contributed by atoms with Crippen LogP contribution in [-0.4, -0.2) is 48.6 Å². The first-order valence-electron chi connectivity index (χ1n) is 9.34. The van der Waals surface area contributed by atoms with Crippen LogP contribution in [0.5, 0.6) is 5.75 Å². The fraction of sp³-hybridized carbons (Fsp3) is 0.333. The average molecular weight is 381 g/mol. The highest BCUT2D eigenvalue weighted by Crippen LogP contribution is 2.33. The molecule has 0 aromatic heterocycles. The number of amides is 2. The maximum atomic E-state index is 12.9. The van der Waals surface area contributed by atoms with Gasteiger partial charge in [0, 0.05) is 25.3 Å². The highest BCUT2D eigenvalue weighted by Gasteiger charge is 2.47. The lowest BCUT2D eigenvalue weighted by molar-refractivity contribution is -0.143. The van der Waals surface area contributed by atoms with Crippen molar-refractivity contribution in [1.29, 1.82) is 0 Å². The van der Waals surface area contributed by atoms with Gasteiger partial charge in [0.25, 0.3) is 17.4 Å². The molecular weight excluding hydrogens is 358 g/mol. The molecule has 1 saturated heterocycles. The van der Waals surface area contributed by atoms with Crippen LogP contribution in [-0.2, 0) is 20.9 Å². The van der Waals surface area contributed by atoms with Crippen molar-refractivity contribution in [3.8, 4) is 5.75 Å². The average Bonchev–Trinajstić information content (AvgIpc) is 2.70. The summed E-state index contributed by atoms with van der Waals surface area (Å²) in [6.07, 6.45) is 0. The molecule has 0 unspecified atom stereocenters. The van der Waals surface area contributed by atoms with E-state index in [0.717, 1.165) is 38.4 Å². The zero-order chi connectivity index (χ0) is 19.6. The molecule has 0 spiro atoms. The highest BCUT2D eigenvalue weighted by molar-refractivity contribution is 6.19. The van der Waals surface area contributed by atoms with Crippen LogP contribution in [0.1, 0.15) is 12.5 Å². The molecule has 7 heteroatoms. The monoisotopic (exact) mass is 381 g/mol. The summed E-state index contributed by atoms with van der Waals surface area (Å²) >= 11 is 0. The number of para-hydroxylation sites is 2. The lowest BCUT2D eigenvalue weighted by atomic mass is 10.0. The van der Waals surface area contributed by atoms with E-state index < -0.39 is 17.4 Å². The summed E-state index contributed by atoms with van der Waals surface area (Å²) in [5.41, 5.74) is 0.635. The van der Waals surface area contributed by atoms with Crippen molar-refractivity contribution >= 4 is 23.2 Å². The first-order chi connectivity index (χ1) is 13.5. The van der Waals surface area contributed by atoms with Crippen LogP contribution in [0, 0.1) is 0 Å². The maximum Gasteiger partial charge on any atom is 0.278 e. The van der Waals surface area contributed by atoms with Crippen LogP contribution in [0.15, 0.2) is 48.5 Å². The van der Waals surface area contributed by atoms with Crippen LogP contribution in [0.2, 0.25) is 0 Å². The summed E-state index contributed by atoms with van der Waals surface area (Å²) in [4.78, 5) is 27.7. The second kappa shape index (κ2) is 7.61. The third-order valence-electron chi connectivity index (χ3n) is 5.01. The smallest absolute Gasteiger partial charge is 0.278 e. The van der Waals surface area contributed by atoms with E-state index >= 15 is 0 Å². The number of benzene rings is 2. The highest BCUT2D eigenvalue weighted by atomic mass is 16.5. The minimum Gasteiger partial charge on any atom is -0.466 e. The molecule has 146 valence electrons. The van der Waals surface area contributed by atoms with Gasteiger partial charge in [-0.15, -0.1) is 0 Å². The molecule has 1 fully saturated rings. The first-order valence-corrected chi connectivity index (χ1v) is 9.34. The zero-order valence-corrected chi connectivity index (χ0v) is 15.7. The lowest BCUT2D eigenvalue weighted by Crippen LogP contribution is -2.56. The molecule has 2 aliphatic rings. The fourth-order valence-corrected chi connectivity index (χ4v) is 3.33. The minimum absolute atomic E-state index is 0.473. The molecular formula is C21H23N3O4.